The van der Waals surface area contributed by atoms with Crippen molar-refractivity contribution in [1.29, 1.82) is 0 Å². The number of rotatable bonds is 4. The minimum absolute atomic E-state index is 0.358. The molecule has 0 unspecified atom stereocenters. The van der Waals surface area contributed by atoms with E-state index in [0.29, 0.717) is 17.7 Å². The summed E-state index contributed by atoms with van der Waals surface area (Å²) in [6, 6.07) is 8.00. The number of nitrogens with one attached hydrogen (secondary N) is 1. The largest absolute Gasteiger partial charge is 0.354 e. The Kier molecular flexibility index (Phi) is 5.00. The predicted molar refractivity (Wildman–Crippen MR) is 94.1 cm³/mol. The number of aromatic nitrogens is 2. The van der Waals surface area contributed by atoms with Crippen molar-refractivity contribution in [3.8, 4) is 0 Å². The quantitative estimate of drug-likeness (QED) is 0.845. The van der Waals surface area contributed by atoms with Gasteiger partial charge in [0.05, 0.1) is 6.20 Å². The summed E-state index contributed by atoms with van der Waals surface area (Å²) in [6.45, 7) is 3.92. The van der Waals surface area contributed by atoms with E-state index in [1.54, 1.807) is 11.8 Å². The molecule has 1 saturated heterocycles. The van der Waals surface area contributed by atoms with E-state index in [-0.39, 0.29) is 5.82 Å². The van der Waals surface area contributed by atoms with Crippen molar-refractivity contribution < 1.29 is 4.39 Å². The molecule has 0 atom stereocenters. The molecule has 0 spiro atoms. The monoisotopic (exact) mass is 332 g/mol. The molecule has 4 nitrogen and oxygen atoms in total. The molecule has 23 heavy (non-hydrogen) atoms. The second-order valence-corrected chi connectivity index (χ2v) is 6.77. The SMILES string of the molecule is CSc1cccc(Nc2ncc(F)c(N3CCC(C)CC3)n2)c1. The molecule has 6 heteroatoms. The van der Waals surface area contributed by atoms with Crippen molar-refractivity contribution in [2.24, 2.45) is 5.92 Å². The predicted octanol–water partition coefficient (Wildman–Crippen LogP) is 4.32. The lowest BCUT2D eigenvalue weighted by Gasteiger charge is -2.31. The van der Waals surface area contributed by atoms with Gasteiger partial charge in [0.1, 0.15) is 0 Å². The maximum Gasteiger partial charge on any atom is 0.229 e. The summed E-state index contributed by atoms with van der Waals surface area (Å²) < 4.78 is 14.1. The molecule has 2 heterocycles. The van der Waals surface area contributed by atoms with Crippen LogP contribution >= 0.6 is 11.8 Å². The molecule has 3 rings (SSSR count). The second kappa shape index (κ2) is 7.17. The fraction of sp³-hybridized carbons (Fsp3) is 0.412. The van der Waals surface area contributed by atoms with Crippen LogP contribution in [0.2, 0.25) is 0 Å². The maximum atomic E-state index is 14.1. The lowest BCUT2D eigenvalue weighted by atomic mass is 9.99. The normalized spacial score (nSPS) is 15.7. The molecular formula is C17H21FN4S. The first-order valence-corrected chi connectivity index (χ1v) is 9.07. The molecule has 1 aliphatic rings. The molecule has 2 aromatic rings. The number of nitrogens with zero attached hydrogens (tertiary/aromatic N) is 3. The lowest BCUT2D eigenvalue weighted by molar-refractivity contribution is 0.432. The zero-order valence-corrected chi connectivity index (χ0v) is 14.2. The van der Waals surface area contributed by atoms with Crippen molar-refractivity contribution >= 4 is 29.2 Å². The third-order valence-electron chi connectivity index (χ3n) is 4.13. The molecule has 1 aromatic heterocycles. The third kappa shape index (κ3) is 3.93. The van der Waals surface area contributed by atoms with Crippen molar-refractivity contribution in [1.82, 2.24) is 9.97 Å². The van der Waals surface area contributed by atoms with Gasteiger partial charge in [-0.1, -0.05) is 13.0 Å². The van der Waals surface area contributed by atoms with Crippen molar-refractivity contribution in [3.63, 3.8) is 0 Å². The van der Waals surface area contributed by atoms with E-state index < -0.39 is 0 Å². The third-order valence-corrected chi connectivity index (χ3v) is 4.86. The Morgan fingerprint density at radius 2 is 2.09 bits per heavy atom. The van der Waals surface area contributed by atoms with Crippen LogP contribution in [0.25, 0.3) is 0 Å². The van der Waals surface area contributed by atoms with Gasteiger partial charge in [-0.05, 0) is 43.2 Å². The van der Waals surface area contributed by atoms with Gasteiger partial charge in [0, 0.05) is 23.7 Å². The van der Waals surface area contributed by atoms with Gasteiger partial charge in [-0.25, -0.2) is 9.37 Å². The standard InChI is InChI=1S/C17H21FN4S/c1-12-6-8-22(9-7-12)16-15(18)11-19-17(21-16)20-13-4-3-5-14(10-13)23-2/h3-5,10-12H,6-9H2,1-2H3,(H,19,20,21). The maximum absolute atomic E-state index is 14.1. The van der Waals surface area contributed by atoms with Gasteiger partial charge in [0.25, 0.3) is 0 Å². The summed E-state index contributed by atoms with van der Waals surface area (Å²) in [4.78, 5) is 11.6. The van der Waals surface area contributed by atoms with Crippen LogP contribution in [-0.4, -0.2) is 29.3 Å². The number of piperidine rings is 1. The lowest BCUT2D eigenvalue weighted by Crippen LogP contribution is -2.34. The molecule has 1 fully saturated rings. The Balaban J connectivity index is 1.79. The highest BCUT2D eigenvalue weighted by Gasteiger charge is 2.20. The van der Waals surface area contributed by atoms with Crippen molar-refractivity contribution in [2.45, 2.75) is 24.7 Å². The number of hydrogen-bond donors (Lipinski definition) is 1. The molecule has 0 saturated carbocycles. The molecule has 122 valence electrons. The average Bonchev–Trinajstić information content (AvgIpc) is 2.58. The molecule has 1 aromatic carbocycles. The van der Waals surface area contributed by atoms with Gasteiger partial charge in [0.2, 0.25) is 5.95 Å². The van der Waals surface area contributed by atoms with Gasteiger partial charge in [-0.3, -0.25) is 0 Å². The Hall–Kier alpha value is -1.82. The number of benzene rings is 1. The first-order valence-electron chi connectivity index (χ1n) is 7.84. The minimum atomic E-state index is -0.358. The fourth-order valence-electron chi connectivity index (χ4n) is 2.69. The van der Waals surface area contributed by atoms with Crippen LogP contribution in [0, 0.1) is 11.7 Å². The van der Waals surface area contributed by atoms with E-state index >= 15 is 0 Å². The highest BCUT2D eigenvalue weighted by atomic mass is 32.2. The van der Waals surface area contributed by atoms with Crippen LogP contribution in [0.1, 0.15) is 19.8 Å². The zero-order valence-electron chi connectivity index (χ0n) is 13.4. The molecular weight excluding hydrogens is 311 g/mol. The second-order valence-electron chi connectivity index (χ2n) is 5.89. The van der Waals surface area contributed by atoms with Crippen LogP contribution in [0.4, 0.5) is 21.8 Å². The molecule has 0 aliphatic carbocycles. The van der Waals surface area contributed by atoms with Gasteiger partial charge >= 0.3 is 0 Å². The summed E-state index contributed by atoms with van der Waals surface area (Å²) in [5.74, 6) is 1.17. The number of thioether (sulfide) groups is 1. The van der Waals surface area contributed by atoms with E-state index in [4.69, 9.17) is 0 Å². The molecule has 1 aliphatic heterocycles. The van der Waals surface area contributed by atoms with E-state index in [0.717, 1.165) is 36.5 Å². The summed E-state index contributed by atoms with van der Waals surface area (Å²) >= 11 is 1.67. The van der Waals surface area contributed by atoms with Gasteiger partial charge in [-0.2, -0.15) is 4.98 Å². The van der Waals surface area contributed by atoms with E-state index in [9.17, 15) is 4.39 Å². The summed E-state index contributed by atoms with van der Waals surface area (Å²) in [5.41, 5.74) is 0.904. The summed E-state index contributed by atoms with van der Waals surface area (Å²) in [5, 5.41) is 3.17. The number of halogens is 1. The van der Waals surface area contributed by atoms with Gasteiger partial charge < -0.3 is 10.2 Å². The van der Waals surface area contributed by atoms with Gasteiger partial charge in [0.15, 0.2) is 11.6 Å². The van der Waals surface area contributed by atoms with Crippen LogP contribution in [0.3, 0.4) is 0 Å². The number of anilines is 3. The first-order chi connectivity index (χ1) is 11.2. The molecule has 0 radical (unpaired) electrons. The van der Waals surface area contributed by atoms with E-state index in [1.807, 2.05) is 35.4 Å². The fourth-order valence-corrected chi connectivity index (χ4v) is 3.15. The summed E-state index contributed by atoms with van der Waals surface area (Å²) in [7, 11) is 0. The van der Waals surface area contributed by atoms with E-state index in [2.05, 4.69) is 22.2 Å². The Bertz CT molecular complexity index is 671. The highest BCUT2D eigenvalue weighted by Crippen LogP contribution is 2.26. The van der Waals surface area contributed by atoms with Gasteiger partial charge in [-0.15, -0.1) is 11.8 Å². The van der Waals surface area contributed by atoms with Crippen LogP contribution in [0.5, 0.6) is 0 Å². The molecule has 0 bridgehead atoms. The van der Waals surface area contributed by atoms with Crippen molar-refractivity contribution in [2.75, 3.05) is 29.6 Å². The first kappa shape index (κ1) is 16.1. The Morgan fingerprint density at radius 1 is 1.30 bits per heavy atom. The van der Waals surface area contributed by atoms with E-state index in [1.165, 1.54) is 6.20 Å². The Labute approximate surface area is 140 Å². The average molecular weight is 332 g/mol. The van der Waals surface area contributed by atoms with Crippen LogP contribution in [0.15, 0.2) is 35.4 Å². The summed E-state index contributed by atoms with van der Waals surface area (Å²) in [6.07, 6.45) is 5.42. The van der Waals surface area contributed by atoms with Crippen LogP contribution in [-0.2, 0) is 0 Å². The Morgan fingerprint density at radius 3 is 2.83 bits per heavy atom. The minimum Gasteiger partial charge on any atom is -0.354 e. The van der Waals surface area contributed by atoms with Crippen molar-refractivity contribution in [3.05, 3.63) is 36.3 Å². The molecule has 1 N–H and O–H groups in total. The highest BCUT2D eigenvalue weighted by molar-refractivity contribution is 7.98. The smallest absolute Gasteiger partial charge is 0.229 e. The zero-order chi connectivity index (χ0) is 16.2. The van der Waals surface area contributed by atoms with Crippen LogP contribution < -0.4 is 10.2 Å². The number of hydrogen-bond acceptors (Lipinski definition) is 5. The topological polar surface area (TPSA) is 41.1 Å². The molecule has 0 amide bonds.